The van der Waals surface area contributed by atoms with Crippen LogP contribution in [0.1, 0.15) is 35.8 Å². The number of nitro benzene ring substituents is 1. The summed E-state index contributed by atoms with van der Waals surface area (Å²) < 4.78 is 11.9. The Morgan fingerprint density at radius 1 is 1.12 bits per heavy atom. The summed E-state index contributed by atoms with van der Waals surface area (Å²) in [6.45, 7) is 3.41. The second kappa shape index (κ2) is 9.10. The number of aromatic nitrogens is 4. The molecule has 0 saturated carbocycles. The number of non-ortho nitro benzene ring substituents is 1. The number of anilines is 1. The van der Waals surface area contributed by atoms with Gasteiger partial charge in [0.15, 0.2) is 0 Å². The minimum absolute atomic E-state index is 0.0923. The third-order valence-corrected chi connectivity index (χ3v) is 5.37. The van der Waals surface area contributed by atoms with E-state index in [2.05, 4.69) is 15.5 Å². The summed E-state index contributed by atoms with van der Waals surface area (Å²) in [5, 5.41) is 22.8. The molecule has 1 aliphatic heterocycles. The first kappa shape index (κ1) is 22.6. The van der Waals surface area contributed by atoms with Crippen LogP contribution in [-0.4, -0.2) is 50.7 Å². The van der Waals surface area contributed by atoms with Crippen molar-refractivity contribution >= 4 is 23.5 Å². The molecule has 34 heavy (non-hydrogen) atoms. The molecule has 3 aromatic rings. The lowest BCUT2D eigenvalue weighted by molar-refractivity contribution is -0.384. The van der Waals surface area contributed by atoms with Gasteiger partial charge in [-0.1, -0.05) is 17.2 Å². The van der Waals surface area contributed by atoms with Crippen LogP contribution in [0.5, 0.6) is 5.75 Å². The number of hydrogen-bond acceptors (Lipinski definition) is 9. The first-order valence-electron chi connectivity index (χ1n) is 10.3. The number of nitrogens with zero attached hydrogens (tertiary/aromatic N) is 6. The molecule has 0 saturated heterocycles. The summed E-state index contributed by atoms with van der Waals surface area (Å²) in [6, 6.07) is 11.4. The zero-order valence-corrected chi connectivity index (χ0v) is 18.5. The van der Waals surface area contributed by atoms with Crippen LogP contribution in [0.2, 0.25) is 0 Å². The van der Waals surface area contributed by atoms with E-state index in [1.807, 2.05) is 0 Å². The molecule has 0 fully saturated rings. The van der Waals surface area contributed by atoms with Crippen LogP contribution in [0, 0.1) is 10.1 Å². The second-order valence-corrected chi connectivity index (χ2v) is 7.26. The largest absolute Gasteiger partial charge is 0.497 e. The molecule has 2 aromatic carbocycles. The molecule has 1 amide bonds. The first-order valence-corrected chi connectivity index (χ1v) is 10.3. The average molecular weight is 464 g/mol. The monoisotopic (exact) mass is 464 g/mol. The fourth-order valence-electron chi connectivity index (χ4n) is 3.75. The quantitative estimate of drug-likeness (QED) is 0.305. The first-order chi connectivity index (χ1) is 16.4. The van der Waals surface area contributed by atoms with Crippen LogP contribution in [-0.2, 0) is 9.53 Å². The van der Waals surface area contributed by atoms with Gasteiger partial charge in [0, 0.05) is 23.4 Å². The van der Waals surface area contributed by atoms with Crippen LogP contribution in [0.25, 0.3) is 0 Å². The lowest BCUT2D eigenvalue weighted by atomic mass is 9.94. The normalized spacial score (nSPS) is 15.0. The highest BCUT2D eigenvalue weighted by atomic mass is 16.6. The van der Waals surface area contributed by atoms with Gasteiger partial charge in [0.05, 0.1) is 24.2 Å². The van der Waals surface area contributed by atoms with E-state index in [9.17, 15) is 19.7 Å². The van der Waals surface area contributed by atoms with E-state index >= 15 is 0 Å². The Hall–Kier alpha value is -4.61. The Balaban J connectivity index is 1.85. The molecule has 0 aliphatic carbocycles. The number of fused-ring (bicyclic) bond motifs is 1. The summed E-state index contributed by atoms with van der Waals surface area (Å²) in [5.74, 6) is -0.457. The van der Waals surface area contributed by atoms with E-state index in [4.69, 9.17) is 9.47 Å². The van der Waals surface area contributed by atoms with Gasteiger partial charge >= 0.3 is 5.97 Å². The number of rotatable bonds is 6. The van der Waals surface area contributed by atoms with Gasteiger partial charge in [-0.3, -0.25) is 14.9 Å². The summed E-state index contributed by atoms with van der Waals surface area (Å²) in [5.41, 5.74) is 1.15. The summed E-state index contributed by atoms with van der Waals surface area (Å²) >= 11 is 0. The Kier molecular flexibility index (Phi) is 6.04. The summed E-state index contributed by atoms with van der Waals surface area (Å²) in [4.78, 5) is 38.1. The molecule has 0 N–H and O–H groups in total. The number of ether oxygens (including phenoxy) is 2. The predicted molar refractivity (Wildman–Crippen MR) is 118 cm³/mol. The maximum atomic E-state index is 13.4. The number of hydrogen-bond donors (Lipinski definition) is 0. The second-order valence-electron chi connectivity index (χ2n) is 7.26. The molecule has 1 aromatic heterocycles. The van der Waals surface area contributed by atoms with Gasteiger partial charge in [-0.05, 0) is 54.1 Å². The van der Waals surface area contributed by atoms with E-state index in [1.165, 1.54) is 33.8 Å². The molecule has 2 heterocycles. The van der Waals surface area contributed by atoms with Gasteiger partial charge in [-0.25, -0.2) is 9.69 Å². The standard InChI is InChI=1S/C22H20N6O6/c1-4-34-21(30)18-13(2)26(20(29)15-5-9-16(10-6-15)28(31)32)22-23-24-25-27(22)19(18)14-7-11-17(33-3)12-8-14/h5-12,19H,4H2,1-3H3. The zero-order valence-electron chi connectivity index (χ0n) is 18.5. The average Bonchev–Trinajstić information content (AvgIpc) is 3.32. The van der Waals surface area contributed by atoms with Crippen molar-refractivity contribution < 1.29 is 24.0 Å². The van der Waals surface area contributed by atoms with Crippen molar-refractivity contribution in [1.29, 1.82) is 0 Å². The Morgan fingerprint density at radius 2 is 1.79 bits per heavy atom. The molecule has 12 nitrogen and oxygen atoms in total. The van der Waals surface area contributed by atoms with E-state index in [1.54, 1.807) is 45.2 Å². The molecule has 4 rings (SSSR count). The fourth-order valence-corrected chi connectivity index (χ4v) is 3.75. The number of benzene rings is 2. The Morgan fingerprint density at radius 3 is 2.38 bits per heavy atom. The predicted octanol–water partition coefficient (Wildman–Crippen LogP) is 2.68. The van der Waals surface area contributed by atoms with E-state index < -0.39 is 22.8 Å². The van der Waals surface area contributed by atoms with Crippen molar-refractivity contribution in [3.05, 3.63) is 81.0 Å². The molecular weight excluding hydrogens is 444 g/mol. The van der Waals surface area contributed by atoms with E-state index in [-0.39, 0.29) is 35.1 Å². The third-order valence-electron chi connectivity index (χ3n) is 5.37. The Bertz CT molecular complexity index is 1280. The lowest BCUT2D eigenvalue weighted by Crippen LogP contribution is -2.40. The number of carbonyl (C=O) groups is 2. The van der Waals surface area contributed by atoms with Gasteiger partial charge in [0.1, 0.15) is 11.8 Å². The minimum Gasteiger partial charge on any atom is -0.497 e. The number of methoxy groups -OCH3 is 1. The molecular formula is C22H20N6O6. The van der Waals surface area contributed by atoms with E-state index in [0.29, 0.717) is 11.3 Å². The van der Waals surface area contributed by atoms with Crippen molar-refractivity contribution in [2.45, 2.75) is 19.9 Å². The highest BCUT2D eigenvalue weighted by Gasteiger charge is 2.41. The van der Waals surface area contributed by atoms with Crippen LogP contribution in [0.3, 0.4) is 0 Å². The van der Waals surface area contributed by atoms with Gasteiger partial charge in [-0.2, -0.15) is 4.68 Å². The molecule has 0 radical (unpaired) electrons. The number of allylic oxidation sites excluding steroid dienone is 1. The van der Waals surface area contributed by atoms with Crippen molar-refractivity contribution in [3.63, 3.8) is 0 Å². The third kappa shape index (κ3) is 3.85. The zero-order chi connectivity index (χ0) is 24.4. The van der Waals surface area contributed by atoms with Gasteiger partial charge in [0.25, 0.3) is 17.5 Å². The fraction of sp³-hybridized carbons (Fsp3) is 0.227. The van der Waals surface area contributed by atoms with Gasteiger partial charge in [0.2, 0.25) is 0 Å². The number of tetrazole rings is 1. The molecule has 0 spiro atoms. The van der Waals surface area contributed by atoms with Crippen molar-refractivity contribution in [3.8, 4) is 5.75 Å². The summed E-state index contributed by atoms with van der Waals surface area (Å²) in [6.07, 6.45) is 0. The highest BCUT2D eigenvalue weighted by molar-refractivity contribution is 6.09. The molecule has 12 heteroatoms. The lowest BCUT2D eigenvalue weighted by Gasteiger charge is -2.33. The maximum Gasteiger partial charge on any atom is 0.338 e. The number of carbonyl (C=O) groups excluding carboxylic acids is 2. The molecule has 1 unspecified atom stereocenters. The topological polar surface area (TPSA) is 143 Å². The SMILES string of the molecule is CCOC(=O)C1=C(C)N(C(=O)c2ccc([N+](=O)[O-])cc2)c2nnnn2C1c1ccc(OC)cc1. The summed E-state index contributed by atoms with van der Waals surface area (Å²) in [7, 11) is 1.55. The number of esters is 1. The Labute approximate surface area is 193 Å². The van der Waals surface area contributed by atoms with Crippen LogP contribution in [0.4, 0.5) is 11.6 Å². The van der Waals surface area contributed by atoms with Gasteiger partial charge < -0.3 is 9.47 Å². The number of amides is 1. The van der Waals surface area contributed by atoms with Crippen LogP contribution < -0.4 is 9.64 Å². The van der Waals surface area contributed by atoms with Crippen molar-refractivity contribution in [2.75, 3.05) is 18.6 Å². The maximum absolute atomic E-state index is 13.4. The van der Waals surface area contributed by atoms with Crippen molar-refractivity contribution in [2.24, 2.45) is 0 Å². The molecule has 1 aliphatic rings. The van der Waals surface area contributed by atoms with Crippen LogP contribution in [0.15, 0.2) is 59.8 Å². The molecule has 0 bridgehead atoms. The smallest absolute Gasteiger partial charge is 0.338 e. The molecule has 174 valence electrons. The minimum atomic E-state index is -0.754. The van der Waals surface area contributed by atoms with Crippen molar-refractivity contribution in [1.82, 2.24) is 20.2 Å². The van der Waals surface area contributed by atoms with E-state index in [0.717, 1.165) is 0 Å². The van der Waals surface area contributed by atoms with Gasteiger partial charge in [-0.15, -0.1) is 0 Å². The van der Waals surface area contributed by atoms with Crippen LogP contribution >= 0.6 is 0 Å². The number of nitro groups is 1. The molecule has 1 atom stereocenters. The highest BCUT2D eigenvalue weighted by Crippen LogP contribution is 2.39.